The number of piperidine rings is 1. The summed E-state index contributed by atoms with van der Waals surface area (Å²) in [6, 6.07) is 19.9. The number of anilines is 1. The molecule has 3 aromatic rings. The van der Waals surface area contributed by atoms with E-state index in [1.807, 2.05) is 43.4 Å². The number of hydrogen-bond acceptors (Lipinski definition) is 4. The van der Waals surface area contributed by atoms with Gasteiger partial charge in [0.2, 0.25) is 5.91 Å². The predicted octanol–water partition coefficient (Wildman–Crippen LogP) is 4.25. The monoisotopic (exact) mass is 429 g/mol. The number of amides is 2. The lowest BCUT2D eigenvalue weighted by atomic mass is 9.93. The first-order valence-electron chi connectivity index (χ1n) is 11.0. The fourth-order valence-corrected chi connectivity index (χ4v) is 4.82. The Kier molecular flexibility index (Phi) is 5.10. The van der Waals surface area contributed by atoms with Crippen LogP contribution in [0.1, 0.15) is 35.7 Å². The summed E-state index contributed by atoms with van der Waals surface area (Å²) in [5, 5.41) is 4.65. The highest BCUT2D eigenvalue weighted by molar-refractivity contribution is 6.06. The zero-order valence-corrected chi connectivity index (χ0v) is 18.4. The van der Waals surface area contributed by atoms with Crippen LogP contribution < -0.4 is 10.1 Å². The molecule has 0 unspecified atom stereocenters. The van der Waals surface area contributed by atoms with Crippen molar-refractivity contribution in [3.05, 3.63) is 71.8 Å². The first-order chi connectivity index (χ1) is 15.4. The molecule has 2 aliphatic rings. The lowest BCUT2D eigenvalue weighted by Gasteiger charge is -2.49. The normalized spacial score (nSPS) is 17.8. The molecule has 0 atom stereocenters. The van der Waals surface area contributed by atoms with Crippen LogP contribution in [0.3, 0.4) is 0 Å². The second-order valence-corrected chi connectivity index (χ2v) is 8.73. The number of rotatable bonds is 3. The fourth-order valence-electron chi connectivity index (χ4n) is 4.82. The molecule has 6 heteroatoms. The average Bonchev–Trinajstić information content (AvgIpc) is 2.79. The van der Waals surface area contributed by atoms with Crippen molar-refractivity contribution in [1.82, 2.24) is 9.80 Å². The highest BCUT2D eigenvalue weighted by atomic mass is 16.5. The van der Waals surface area contributed by atoms with Gasteiger partial charge in [-0.25, -0.2) is 0 Å². The molecule has 0 radical (unpaired) electrons. The number of benzene rings is 3. The summed E-state index contributed by atoms with van der Waals surface area (Å²) in [6.45, 7) is 4.08. The maximum Gasteiger partial charge on any atom is 0.260 e. The zero-order chi connectivity index (χ0) is 22.3. The number of nitrogens with one attached hydrogen (secondary N) is 1. The summed E-state index contributed by atoms with van der Waals surface area (Å²) in [5.74, 6) is 0.469. The van der Waals surface area contributed by atoms with Gasteiger partial charge in [0.05, 0.1) is 5.56 Å². The molecule has 1 saturated heterocycles. The van der Waals surface area contributed by atoms with E-state index >= 15 is 0 Å². The minimum atomic E-state index is -0.657. The molecular formula is C26H27N3O3. The molecule has 0 bridgehead atoms. The third kappa shape index (κ3) is 3.60. The van der Waals surface area contributed by atoms with Crippen LogP contribution in [0.25, 0.3) is 10.8 Å². The van der Waals surface area contributed by atoms with E-state index in [0.717, 1.165) is 43.2 Å². The minimum absolute atomic E-state index is 0.0189. The highest BCUT2D eigenvalue weighted by Crippen LogP contribution is 2.43. The van der Waals surface area contributed by atoms with Crippen molar-refractivity contribution in [1.29, 1.82) is 0 Å². The number of fused-ring (bicyclic) bond motifs is 3. The molecule has 3 aromatic carbocycles. The maximum absolute atomic E-state index is 13.3. The Hall–Kier alpha value is -3.38. The van der Waals surface area contributed by atoms with Gasteiger partial charge in [0, 0.05) is 57.5 Å². The van der Waals surface area contributed by atoms with Gasteiger partial charge in [0.1, 0.15) is 5.75 Å². The quantitative estimate of drug-likeness (QED) is 0.676. The van der Waals surface area contributed by atoms with Crippen molar-refractivity contribution >= 4 is 28.3 Å². The Bertz CT molecular complexity index is 1180. The molecule has 1 N–H and O–H groups in total. The lowest BCUT2D eigenvalue weighted by Crippen LogP contribution is -2.61. The zero-order valence-electron chi connectivity index (χ0n) is 18.4. The summed E-state index contributed by atoms with van der Waals surface area (Å²) in [7, 11) is 1.84. The van der Waals surface area contributed by atoms with Gasteiger partial charge in [-0.2, -0.15) is 0 Å². The minimum Gasteiger partial charge on any atom is -0.466 e. The van der Waals surface area contributed by atoms with E-state index in [4.69, 9.17) is 4.74 Å². The van der Waals surface area contributed by atoms with Crippen molar-refractivity contribution in [3.8, 4) is 5.75 Å². The van der Waals surface area contributed by atoms with Crippen molar-refractivity contribution in [2.75, 3.05) is 25.5 Å². The van der Waals surface area contributed by atoms with Crippen LogP contribution in [-0.4, -0.2) is 47.5 Å². The van der Waals surface area contributed by atoms with Gasteiger partial charge < -0.3 is 15.0 Å². The number of nitrogens with zero attached hydrogens (tertiary/aromatic N) is 2. The van der Waals surface area contributed by atoms with Crippen LogP contribution in [0, 0.1) is 0 Å². The number of carbonyl (C=O) groups is 2. The molecule has 6 nitrogen and oxygen atoms in total. The van der Waals surface area contributed by atoms with E-state index < -0.39 is 5.72 Å². The van der Waals surface area contributed by atoms with Gasteiger partial charge in [-0.15, -0.1) is 0 Å². The Balaban J connectivity index is 1.44. The Morgan fingerprint density at radius 2 is 1.78 bits per heavy atom. The van der Waals surface area contributed by atoms with Gasteiger partial charge >= 0.3 is 0 Å². The third-order valence-corrected chi connectivity index (χ3v) is 6.62. The fraction of sp³-hybridized carbons (Fsp3) is 0.308. The van der Waals surface area contributed by atoms with Gasteiger partial charge in [0.15, 0.2) is 5.72 Å². The molecule has 164 valence electrons. The molecule has 1 spiro atoms. The molecule has 0 aromatic heterocycles. The summed E-state index contributed by atoms with van der Waals surface area (Å²) in [5.41, 5.74) is 1.90. The topological polar surface area (TPSA) is 61.9 Å². The second-order valence-electron chi connectivity index (χ2n) is 8.73. The first-order valence-corrected chi connectivity index (χ1v) is 11.0. The maximum atomic E-state index is 13.3. The lowest BCUT2D eigenvalue weighted by molar-refractivity contribution is -0.114. The Morgan fingerprint density at radius 1 is 1.06 bits per heavy atom. The van der Waals surface area contributed by atoms with Crippen LogP contribution in [0.15, 0.2) is 60.7 Å². The third-order valence-electron chi connectivity index (χ3n) is 6.62. The van der Waals surface area contributed by atoms with E-state index in [-0.39, 0.29) is 11.8 Å². The number of ether oxygens (including phenoxy) is 1. The largest absolute Gasteiger partial charge is 0.466 e. The molecule has 32 heavy (non-hydrogen) atoms. The van der Waals surface area contributed by atoms with Crippen LogP contribution in [0.5, 0.6) is 5.75 Å². The Labute approximate surface area is 187 Å². The standard InChI is InChI=1S/C26H27N3O3/c1-18(30)27-21-10-8-20-9-11-22-24(23(20)16-21)32-26(28(2)25(22)31)12-14-29(15-13-26)17-19-6-4-3-5-7-19/h3-11,16H,12-15,17H2,1-2H3,(H,27,30). The predicted molar refractivity (Wildman–Crippen MR) is 125 cm³/mol. The highest BCUT2D eigenvalue weighted by Gasteiger charge is 2.47. The van der Waals surface area contributed by atoms with Crippen LogP contribution in [0.2, 0.25) is 0 Å². The van der Waals surface area contributed by atoms with Crippen molar-refractivity contribution < 1.29 is 14.3 Å². The van der Waals surface area contributed by atoms with Crippen molar-refractivity contribution in [2.24, 2.45) is 0 Å². The summed E-state index contributed by atoms with van der Waals surface area (Å²) in [6.07, 6.45) is 1.48. The van der Waals surface area contributed by atoms with Crippen molar-refractivity contribution in [2.45, 2.75) is 32.0 Å². The molecule has 2 amide bonds. The SMILES string of the molecule is CC(=O)Nc1ccc2ccc3c(c2c1)OC1(CCN(Cc2ccccc2)CC1)N(C)C3=O. The number of hydrogen-bond donors (Lipinski definition) is 1. The molecule has 2 heterocycles. The smallest absolute Gasteiger partial charge is 0.260 e. The van der Waals surface area contributed by atoms with Crippen LogP contribution in [-0.2, 0) is 11.3 Å². The van der Waals surface area contributed by atoms with Crippen LogP contribution >= 0.6 is 0 Å². The van der Waals surface area contributed by atoms with E-state index in [9.17, 15) is 9.59 Å². The van der Waals surface area contributed by atoms with E-state index in [0.29, 0.717) is 17.0 Å². The Morgan fingerprint density at radius 3 is 2.50 bits per heavy atom. The molecule has 1 fully saturated rings. The molecular weight excluding hydrogens is 402 g/mol. The molecule has 0 saturated carbocycles. The summed E-state index contributed by atoms with van der Waals surface area (Å²) < 4.78 is 6.68. The average molecular weight is 430 g/mol. The second kappa shape index (κ2) is 7.95. The summed E-state index contributed by atoms with van der Waals surface area (Å²) in [4.78, 5) is 29.0. The first kappa shape index (κ1) is 20.5. The molecule has 0 aliphatic carbocycles. The number of carbonyl (C=O) groups excluding carboxylic acids is 2. The molecule has 2 aliphatic heterocycles. The van der Waals surface area contributed by atoms with E-state index in [1.54, 1.807) is 4.90 Å². The van der Waals surface area contributed by atoms with Gasteiger partial charge in [-0.3, -0.25) is 14.5 Å². The van der Waals surface area contributed by atoms with Gasteiger partial charge in [-0.05, 0) is 29.1 Å². The van der Waals surface area contributed by atoms with Gasteiger partial charge in [0.25, 0.3) is 5.91 Å². The van der Waals surface area contributed by atoms with E-state index in [1.165, 1.54) is 12.5 Å². The molecule has 5 rings (SSSR count). The summed E-state index contributed by atoms with van der Waals surface area (Å²) >= 11 is 0. The van der Waals surface area contributed by atoms with Gasteiger partial charge in [-0.1, -0.05) is 42.5 Å². The van der Waals surface area contributed by atoms with Crippen molar-refractivity contribution in [3.63, 3.8) is 0 Å². The number of likely N-dealkylation sites (tertiary alicyclic amines) is 1. The van der Waals surface area contributed by atoms with E-state index in [2.05, 4.69) is 34.5 Å². The van der Waals surface area contributed by atoms with Crippen LogP contribution in [0.4, 0.5) is 5.69 Å².